The molecule has 0 aliphatic carbocycles. The molecule has 0 aliphatic rings. The number of nitrogens with zero attached hydrogens (tertiary/aromatic N) is 3. The molecule has 0 fully saturated rings. The van der Waals surface area contributed by atoms with Crippen LogP contribution in [0.4, 0.5) is 10.9 Å². The third kappa shape index (κ3) is 3.23. The predicted molar refractivity (Wildman–Crippen MR) is 74.0 cm³/mol. The molecule has 0 aliphatic heterocycles. The van der Waals surface area contributed by atoms with Gasteiger partial charge < -0.3 is 5.32 Å². The Hall–Kier alpha value is -1.54. The zero-order valence-corrected chi connectivity index (χ0v) is 11.9. The number of halogens is 1. The smallest absolute Gasteiger partial charge is 0.277 e. The molecule has 0 saturated carbocycles. The van der Waals surface area contributed by atoms with E-state index in [4.69, 9.17) is 0 Å². The van der Waals surface area contributed by atoms with Gasteiger partial charge in [0.2, 0.25) is 0 Å². The highest BCUT2D eigenvalue weighted by Gasteiger charge is 2.10. The molecule has 0 unspecified atom stereocenters. The minimum Gasteiger partial charge on any atom is -0.369 e. The number of aromatic nitrogens is 3. The third-order valence-electron chi connectivity index (χ3n) is 1.94. The van der Waals surface area contributed by atoms with Crippen LogP contribution in [0.5, 0.6) is 0 Å². The van der Waals surface area contributed by atoms with Crippen LogP contribution in [-0.4, -0.2) is 27.4 Å². The molecule has 0 bridgehead atoms. The molecule has 0 aromatic carbocycles. The Labute approximate surface area is 116 Å². The summed E-state index contributed by atoms with van der Waals surface area (Å²) in [5, 5.41) is 6.17. The fraction of sp³-hybridized carbons (Fsp3) is 0.200. The third-order valence-corrected chi connectivity index (χ3v) is 3.33. The van der Waals surface area contributed by atoms with Crippen LogP contribution in [0, 0.1) is 0 Å². The molecule has 8 heteroatoms. The van der Waals surface area contributed by atoms with Crippen LogP contribution in [0.2, 0.25) is 0 Å². The number of nitrogens with one attached hydrogen (secondary N) is 2. The molecule has 2 aromatic rings. The average Bonchev–Trinajstić information content (AvgIpc) is 2.76. The Bertz CT molecular complexity index is 541. The molecular formula is C10H10BrN5OS. The molecule has 2 heterocycles. The van der Waals surface area contributed by atoms with Gasteiger partial charge in [-0.2, -0.15) is 0 Å². The van der Waals surface area contributed by atoms with Crippen molar-refractivity contribution >= 4 is 44.1 Å². The average molecular weight is 328 g/mol. The van der Waals surface area contributed by atoms with Gasteiger partial charge >= 0.3 is 0 Å². The van der Waals surface area contributed by atoms with Crippen LogP contribution in [0.25, 0.3) is 0 Å². The molecule has 94 valence electrons. The highest BCUT2D eigenvalue weighted by atomic mass is 79.9. The summed E-state index contributed by atoms with van der Waals surface area (Å²) in [7, 11) is 0. The second kappa shape index (κ2) is 5.87. The number of hydrogen-bond acceptors (Lipinski definition) is 6. The van der Waals surface area contributed by atoms with Crippen LogP contribution in [0.15, 0.2) is 22.4 Å². The van der Waals surface area contributed by atoms with Crippen molar-refractivity contribution in [2.24, 2.45) is 0 Å². The second-order valence-electron chi connectivity index (χ2n) is 3.24. The molecule has 18 heavy (non-hydrogen) atoms. The summed E-state index contributed by atoms with van der Waals surface area (Å²) >= 11 is 4.61. The van der Waals surface area contributed by atoms with Crippen molar-refractivity contribution in [1.29, 1.82) is 0 Å². The Balaban J connectivity index is 2.04. The summed E-state index contributed by atoms with van der Waals surface area (Å²) in [5.74, 6) is 0.318. The van der Waals surface area contributed by atoms with Crippen molar-refractivity contribution in [3.8, 4) is 0 Å². The number of anilines is 2. The van der Waals surface area contributed by atoms with Crippen molar-refractivity contribution in [2.45, 2.75) is 6.92 Å². The topological polar surface area (TPSA) is 79.8 Å². The first-order valence-electron chi connectivity index (χ1n) is 5.17. The summed E-state index contributed by atoms with van der Waals surface area (Å²) in [5.41, 5.74) is 0.253. The molecule has 2 aromatic heterocycles. The molecule has 0 saturated heterocycles. The van der Waals surface area contributed by atoms with Crippen molar-refractivity contribution in [1.82, 2.24) is 15.0 Å². The Morgan fingerprint density at radius 2 is 2.17 bits per heavy atom. The molecule has 1 amide bonds. The highest BCUT2D eigenvalue weighted by Crippen LogP contribution is 2.23. The molecular weight excluding hydrogens is 318 g/mol. The lowest BCUT2D eigenvalue weighted by Gasteiger charge is -2.03. The van der Waals surface area contributed by atoms with Gasteiger partial charge in [0, 0.05) is 6.54 Å². The fourth-order valence-electron chi connectivity index (χ4n) is 1.19. The monoisotopic (exact) mass is 327 g/mol. The summed E-state index contributed by atoms with van der Waals surface area (Å²) < 4.78 is 0.853. The number of carbonyl (C=O) groups excluding carboxylic acids is 1. The van der Waals surface area contributed by atoms with Crippen LogP contribution in [-0.2, 0) is 0 Å². The van der Waals surface area contributed by atoms with Crippen molar-refractivity contribution in [2.75, 3.05) is 17.2 Å². The van der Waals surface area contributed by atoms with Crippen LogP contribution >= 0.6 is 27.3 Å². The van der Waals surface area contributed by atoms with E-state index in [0.29, 0.717) is 10.9 Å². The largest absolute Gasteiger partial charge is 0.369 e. The summed E-state index contributed by atoms with van der Waals surface area (Å²) in [6, 6.07) is 0. The van der Waals surface area contributed by atoms with Crippen LogP contribution in [0.3, 0.4) is 0 Å². The Kier molecular flexibility index (Phi) is 4.21. The zero-order chi connectivity index (χ0) is 13.0. The maximum Gasteiger partial charge on any atom is 0.277 e. The molecule has 6 nitrogen and oxygen atoms in total. The van der Waals surface area contributed by atoms with E-state index in [9.17, 15) is 4.79 Å². The predicted octanol–water partition coefficient (Wildman–Crippen LogP) is 2.38. The number of rotatable bonds is 4. The molecule has 0 atom stereocenters. The first kappa shape index (κ1) is 12.9. The van der Waals surface area contributed by atoms with Crippen molar-refractivity contribution in [3.63, 3.8) is 0 Å². The van der Waals surface area contributed by atoms with Gasteiger partial charge in [-0.1, -0.05) is 11.3 Å². The molecule has 0 radical (unpaired) electrons. The van der Waals surface area contributed by atoms with Gasteiger partial charge in [-0.25, -0.2) is 15.0 Å². The van der Waals surface area contributed by atoms with Crippen LogP contribution < -0.4 is 10.6 Å². The van der Waals surface area contributed by atoms with E-state index in [1.54, 1.807) is 6.20 Å². The van der Waals surface area contributed by atoms with Gasteiger partial charge in [0.15, 0.2) is 5.13 Å². The number of amides is 1. The normalized spacial score (nSPS) is 10.1. The first-order chi connectivity index (χ1) is 8.69. The molecule has 0 spiro atoms. The molecule has 2 rings (SSSR count). The van der Waals surface area contributed by atoms with Gasteiger partial charge in [-0.05, 0) is 22.9 Å². The van der Waals surface area contributed by atoms with E-state index in [0.717, 1.165) is 10.3 Å². The van der Waals surface area contributed by atoms with E-state index in [-0.39, 0.29) is 11.6 Å². The minimum absolute atomic E-state index is 0.253. The van der Waals surface area contributed by atoms with Crippen molar-refractivity contribution in [3.05, 3.63) is 28.1 Å². The van der Waals surface area contributed by atoms with Gasteiger partial charge in [-0.15, -0.1) is 0 Å². The fourth-order valence-corrected chi connectivity index (χ4v) is 2.29. The SMILES string of the molecule is CCNc1cnc(C(=O)Nc2ncc(Br)s2)cn1. The quantitative estimate of drug-likeness (QED) is 0.901. The van der Waals surface area contributed by atoms with Crippen molar-refractivity contribution < 1.29 is 4.79 Å². The minimum atomic E-state index is -0.326. The van der Waals surface area contributed by atoms with Gasteiger partial charge in [-0.3, -0.25) is 10.1 Å². The van der Waals surface area contributed by atoms with E-state index in [1.807, 2.05) is 6.92 Å². The maximum absolute atomic E-state index is 11.8. The lowest BCUT2D eigenvalue weighted by atomic mass is 10.4. The van der Waals surface area contributed by atoms with E-state index in [1.165, 1.54) is 23.7 Å². The number of thiazole rings is 1. The Morgan fingerprint density at radius 3 is 2.72 bits per heavy atom. The summed E-state index contributed by atoms with van der Waals surface area (Å²) in [6.07, 6.45) is 4.58. The maximum atomic E-state index is 11.8. The van der Waals surface area contributed by atoms with E-state index in [2.05, 4.69) is 41.5 Å². The van der Waals surface area contributed by atoms with Crippen LogP contribution in [0.1, 0.15) is 17.4 Å². The summed E-state index contributed by atoms with van der Waals surface area (Å²) in [6.45, 7) is 2.72. The standard InChI is InChI=1S/C10H10BrN5OS/c1-2-12-8-5-13-6(3-14-8)9(17)16-10-15-4-7(11)18-10/h3-5H,2H2,1H3,(H,12,14)(H,15,16,17). The molecule has 2 N–H and O–H groups in total. The van der Waals surface area contributed by atoms with E-state index >= 15 is 0 Å². The number of carbonyl (C=O) groups is 1. The summed E-state index contributed by atoms with van der Waals surface area (Å²) in [4.78, 5) is 23.9. The number of hydrogen-bond donors (Lipinski definition) is 2. The second-order valence-corrected chi connectivity index (χ2v) is 5.65. The lowest BCUT2D eigenvalue weighted by molar-refractivity contribution is 0.102. The first-order valence-corrected chi connectivity index (χ1v) is 6.78. The highest BCUT2D eigenvalue weighted by molar-refractivity contribution is 9.11. The lowest BCUT2D eigenvalue weighted by Crippen LogP contribution is -2.14. The van der Waals surface area contributed by atoms with Gasteiger partial charge in [0.25, 0.3) is 5.91 Å². The van der Waals surface area contributed by atoms with Gasteiger partial charge in [0.05, 0.1) is 22.4 Å². The van der Waals surface area contributed by atoms with E-state index < -0.39 is 0 Å². The Morgan fingerprint density at radius 1 is 1.33 bits per heavy atom. The zero-order valence-electron chi connectivity index (χ0n) is 9.48. The van der Waals surface area contributed by atoms with Gasteiger partial charge in [0.1, 0.15) is 11.5 Å².